The van der Waals surface area contributed by atoms with Crippen LogP contribution in [0.2, 0.25) is 0 Å². The van der Waals surface area contributed by atoms with Crippen molar-refractivity contribution in [3.63, 3.8) is 0 Å². The summed E-state index contributed by atoms with van der Waals surface area (Å²) in [4.78, 5) is 0. The second-order valence-corrected chi connectivity index (χ2v) is 1.34. The minimum atomic E-state index is -4.67. The Balaban J connectivity index is -0.0000000154. The van der Waals surface area contributed by atoms with E-state index in [1.54, 1.807) is 0 Å². The summed E-state index contributed by atoms with van der Waals surface area (Å²) in [6.45, 7) is 0. The zero-order chi connectivity index (χ0) is 6.50. The Morgan fingerprint density at radius 2 is 1.25 bits per heavy atom. The summed E-state index contributed by atoms with van der Waals surface area (Å²) in [6, 6.07) is 0. The van der Waals surface area contributed by atoms with Crippen molar-refractivity contribution in [3.05, 3.63) is 0 Å². The van der Waals surface area contributed by atoms with Crippen LogP contribution >= 0.6 is 0 Å². The standard InChI is InChI=1S/Ba.H2O4S.O.Pb.2H/c;1-5(2,3)4;;;;/h;(H2,1,2,3,4);;;;/q+2;;;;2*-1. The molecule has 8 heteroatoms. The molecule has 8 heavy (non-hydrogen) atoms. The molecule has 46 valence electrons. The van der Waals surface area contributed by atoms with E-state index in [9.17, 15) is 0 Å². The van der Waals surface area contributed by atoms with Gasteiger partial charge in [0.1, 0.15) is 0 Å². The molecule has 0 heterocycles. The summed E-state index contributed by atoms with van der Waals surface area (Å²) in [5.41, 5.74) is 0. The van der Waals surface area contributed by atoms with Crippen LogP contribution in [0.5, 0.6) is 0 Å². The molecule has 2 radical (unpaired) electrons. The zero-order valence-corrected chi connectivity index (χ0v) is 12.9. The van der Waals surface area contributed by atoms with Crippen molar-refractivity contribution in [3.8, 4) is 0 Å². The second-order valence-electron chi connectivity index (χ2n) is 0.448. The van der Waals surface area contributed by atoms with Gasteiger partial charge >= 0.3 is 87.7 Å². The summed E-state index contributed by atoms with van der Waals surface area (Å²) in [5, 5.41) is 0. The second kappa shape index (κ2) is 9.16. The fourth-order valence-corrected chi connectivity index (χ4v) is 0. The fraction of sp³-hybridized carbons (Fsp3) is 0. The molecule has 0 spiro atoms. The van der Waals surface area contributed by atoms with E-state index in [0.717, 1.165) is 0 Å². The molecular weight excluding hydrogens is 457 g/mol. The van der Waals surface area contributed by atoms with Gasteiger partial charge in [-0.2, -0.15) is 8.42 Å². The van der Waals surface area contributed by atoms with Crippen LogP contribution in [-0.4, -0.2) is 92.2 Å². The summed E-state index contributed by atoms with van der Waals surface area (Å²) in [6.07, 6.45) is 0. The third-order valence-corrected chi connectivity index (χ3v) is 0. The molecule has 0 aromatic carbocycles. The third kappa shape index (κ3) is 89.5. The molecule has 0 saturated heterocycles. The van der Waals surface area contributed by atoms with Crippen LogP contribution in [0.25, 0.3) is 0 Å². The van der Waals surface area contributed by atoms with Gasteiger partial charge in [0.25, 0.3) is 0 Å². The Morgan fingerprint density at radius 3 is 1.25 bits per heavy atom. The fourth-order valence-electron chi connectivity index (χ4n) is 0. The van der Waals surface area contributed by atoms with E-state index in [1.807, 2.05) is 0 Å². The molecule has 0 unspecified atom stereocenters. The van der Waals surface area contributed by atoms with Gasteiger partial charge < -0.3 is 2.85 Å². The van der Waals surface area contributed by atoms with Crippen LogP contribution in [0.15, 0.2) is 0 Å². The van der Waals surface area contributed by atoms with Gasteiger partial charge in [-0.25, -0.2) is 0 Å². The van der Waals surface area contributed by atoms with Crippen molar-refractivity contribution >= 4 is 85.1 Å². The normalized spacial score (nSPS) is 7.75. The Labute approximate surface area is 106 Å². The van der Waals surface area contributed by atoms with Crippen molar-refractivity contribution in [1.82, 2.24) is 0 Å². The SMILES string of the molecule is O=S(=O)(O)O.[Ba+2].[H-].[H-].[O]=[Pb]. The van der Waals surface area contributed by atoms with Crippen LogP contribution in [0.4, 0.5) is 0 Å². The van der Waals surface area contributed by atoms with Gasteiger partial charge in [-0.15, -0.1) is 0 Å². The average Bonchev–Trinajstić information content (AvgIpc) is 1.36. The molecule has 0 aliphatic rings. The van der Waals surface area contributed by atoms with E-state index in [-0.39, 0.29) is 77.5 Å². The van der Waals surface area contributed by atoms with Gasteiger partial charge in [0.05, 0.1) is 0 Å². The molecule has 2 N–H and O–H groups in total. The Hall–Kier alpha value is 2.16. The van der Waals surface area contributed by atoms with E-state index in [2.05, 4.69) is 0 Å². The zero-order valence-electron chi connectivity index (χ0n) is 5.73. The number of hydrogen-bond acceptors (Lipinski definition) is 3. The molecule has 0 atom stereocenters. The molecule has 5 nitrogen and oxygen atoms in total. The molecule has 0 aromatic heterocycles. The topological polar surface area (TPSA) is 91.7 Å². The van der Waals surface area contributed by atoms with Crippen molar-refractivity contribution in [1.29, 1.82) is 0 Å². The van der Waals surface area contributed by atoms with Crippen LogP contribution in [-0.2, 0) is 13.1 Å². The van der Waals surface area contributed by atoms with Crippen LogP contribution in [0.3, 0.4) is 0 Å². The predicted octanol–water partition coefficient (Wildman–Crippen LogP) is -1.31. The monoisotopic (exact) mass is 462 g/mol. The first-order valence-electron chi connectivity index (χ1n) is 0.903. The summed E-state index contributed by atoms with van der Waals surface area (Å²) >= 11 is 0.0556. The van der Waals surface area contributed by atoms with Crippen LogP contribution < -0.4 is 0 Å². The quantitative estimate of drug-likeness (QED) is 0.346. The van der Waals surface area contributed by atoms with Crippen LogP contribution in [0, 0.1) is 0 Å². The van der Waals surface area contributed by atoms with E-state index in [4.69, 9.17) is 20.2 Å². The first kappa shape index (κ1) is 16.6. The van der Waals surface area contributed by atoms with Crippen molar-refractivity contribution in [2.75, 3.05) is 0 Å². The van der Waals surface area contributed by atoms with Gasteiger partial charge in [0, 0.05) is 0 Å². The number of hydrogen-bond donors (Lipinski definition) is 2. The molecule has 0 bridgehead atoms. The van der Waals surface area contributed by atoms with E-state index in [0.29, 0.717) is 0 Å². The average molecular weight is 461 g/mol. The van der Waals surface area contributed by atoms with Crippen molar-refractivity contribution < 1.29 is 23.1 Å². The van der Waals surface area contributed by atoms with Gasteiger partial charge in [-0.3, -0.25) is 9.11 Å². The first-order valence-corrected chi connectivity index (χ1v) is 3.89. The number of rotatable bonds is 0. The van der Waals surface area contributed by atoms with E-state index in [1.165, 1.54) is 0 Å². The molecule has 0 aromatic rings. The van der Waals surface area contributed by atoms with Gasteiger partial charge in [-0.05, 0) is 0 Å². The maximum atomic E-state index is 8.74. The molecular formula is H4BaO5PbS. The molecule has 0 fully saturated rings. The molecule has 0 rings (SSSR count). The van der Waals surface area contributed by atoms with Gasteiger partial charge in [0.15, 0.2) is 0 Å². The maximum absolute atomic E-state index is 8.74. The Kier molecular flexibility index (Phi) is 19.0. The van der Waals surface area contributed by atoms with Crippen LogP contribution in [0.1, 0.15) is 2.85 Å². The third-order valence-electron chi connectivity index (χ3n) is 0. The minimum absolute atomic E-state index is 0. The van der Waals surface area contributed by atoms with Crippen molar-refractivity contribution in [2.45, 2.75) is 0 Å². The summed E-state index contributed by atoms with van der Waals surface area (Å²) in [5.74, 6) is 0. The molecule has 0 saturated carbocycles. The molecule has 0 aliphatic heterocycles. The predicted molar refractivity (Wildman–Crippen MR) is 28.6 cm³/mol. The molecule has 0 amide bonds. The van der Waals surface area contributed by atoms with E-state index >= 15 is 0 Å². The Morgan fingerprint density at radius 1 is 1.25 bits per heavy atom. The Bertz CT molecular complexity index is 114. The van der Waals surface area contributed by atoms with Gasteiger partial charge in [-0.1, -0.05) is 0 Å². The van der Waals surface area contributed by atoms with Gasteiger partial charge in [0.2, 0.25) is 0 Å². The summed E-state index contributed by atoms with van der Waals surface area (Å²) in [7, 11) is -4.67. The van der Waals surface area contributed by atoms with E-state index < -0.39 is 10.4 Å². The summed E-state index contributed by atoms with van der Waals surface area (Å²) < 4.78 is 40.0. The first-order chi connectivity index (χ1) is 3.00. The molecule has 0 aliphatic carbocycles. The van der Waals surface area contributed by atoms with Crippen molar-refractivity contribution in [2.24, 2.45) is 0 Å².